The van der Waals surface area contributed by atoms with E-state index in [4.69, 9.17) is 0 Å². The van der Waals surface area contributed by atoms with Crippen LogP contribution in [0.3, 0.4) is 0 Å². The molecule has 0 fully saturated rings. The first kappa shape index (κ1) is 15.2. The van der Waals surface area contributed by atoms with Gasteiger partial charge in [0, 0.05) is 0 Å². The number of hydrogen-bond acceptors (Lipinski definition) is 3. The summed E-state index contributed by atoms with van der Waals surface area (Å²) in [5.74, 6) is -1.07. The van der Waals surface area contributed by atoms with E-state index in [2.05, 4.69) is 0 Å². The summed E-state index contributed by atoms with van der Waals surface area (Å²) in [5.41, 5.74) is -0.521. The maximum atomic E-state index is 11.7. The summed E-state index contributed by atoms with van der Waals surface area (Å²) >= 11 is 0. The lowest BCUT2D eigenvalue weighted by atomic mass is 9.79. The van der Waals surface area contributed by atoms with Crippen molar-refractivity contribution < 1.29 is 15.0 Å². The average molecular weight is 285 g/mol. The number of carboxylic acid groups (broad SMARTS) is 1. The zero-order chi connectivity index (χ0) is 15.5. The van der Waals surface area contributed by atoms with Crippen LogP contribution in [0, 0.1) is 0 Å². The Hall–Kier alpha value is -2.17. The second-order valence-corrected chi connectivity index (χ2v) is 5.20. The van der Waals surface area contributed by atoms with Crippen LogP contribution < -0.4 is 0 Å². The molecule has 0 heterocycles. The van der Waals surface area contributed by atoms with Crippen LogP contribution in [-0.2, 0) is 10.4 Å². The molecule has 0 aliphatic carbocycles. The molecule has 0 radical (unpaired) electrons. The molecule has 1 atom stereocenters. The summed E-state index contributed by atoms with van der Waals surface area (Å²) in [5, 5.41) is 20.9. The van der Waals surface area contributed by atoms with Gasteiger partial charge < -0.3 is 10.2 Å². The molecule has 0 unspecified atom stereocenters. The third kappa shape index (κ3) is 2.82. The van der Waals surface area contributed by atoms with Crippen LogP contribution in [0.1, 0.15) is 11.1 Å². The molecule has 4 nitrogen and oxygen atoms in total. The lowest BCUT2D eigenvalue weighted by Crippen LogP contribution is -2.53. The Morgan fingerprint density at radius 3 is 1.62 bits per heavy atom. The smallest absolute Gasteiger partial charge is 0.324 e. The van der Waals surface area contributed by atoms with Crippen molar-refractivity contribution in [2.45, 2.75) is 11.6 Å². The summed E-state index contributed by atoms with van der Waals surface area (Å²) in [7, 11) is 3.30. The molecule has 2 rings (SSSR count). The predicted molar refractivity (Wildman–Crippen MR) is 81.0 cm³/mol. The molecule has 2 aromatic carbocycles. The molecule has 2 aromatic rings. The highest BCUT2D eigenvalue weighted by Crippen LogP contribution is 2.35. The molecule has 0 spiro atoms. The molecular weight excluding hydrogens is 266 g/mol. The van der Waals surface area contributed by atoms with Gasteiger partial charge in [-0.1, -0.05) is 60.7 Å². The number of nitrogens with zero attached hydrogens (tertiary/aromatic N) is 1. The van der Waals surface area contributed by atoms with Crippen molar-refractivity contribution in [3.05, 3.63) is 71.8 Å². The van der Waals surface area contributed by atoms with E-state index in [1.165, 1.54) is 4.90 Å². The summed E-state index contributed by atoms with van der Waals surface area (Å²) < 4.78 is 0. The van der Waals surface area contributed by atoms with E-state index < -0.39 is 17.6 Å². The topological polar surface area (TPSA) is 60.8 Å². The Morgan fingerprint density at radius 2 is 1.33 bits per heavy atom. The normalized spacial score (nSPS) is 13.1. The van der Waals surface area contributed by atoms with Crippen LogP contribution in [0.5, 0.6) is 0 Å². The third-order valence-corrected chi connectivity index (χ3v) is 3.57. The Labute approximate surface area is 124 Å². The Morgan fingerprint density at radius 1 is 0.952 bits per heavy atom. The van der Waals surface area contributed by atoms with E-state index in [-0.39, 0.29) is 0 Å². The zero-order valence-corrected chi connectivity index (χ0v) is 12.1. The highest BCUT2D eigenvalue weighted by molar-refractivity contribution is 5.77. The maximum Gasteiger partial charge on any atom is 0.324 e. The predicted octanol–water partition coefficient (Wildman–Crippen LogP) is 1.94. The Balaban J connectivity index is 2.68. The van der Waals surface area contributed by atoms with E-state index >= 15 is 0 Å². The Bertz CT molecular complexity index is 556. The first-order valence-corrected chi connectivity index (χ1v) is 6.70. The second-order valence-electron chi connectivity index (χ2n) is 5.20. The maximum absolute atomic E-state index is 11.7. The van der Waals surface area contributed by atoms with Crippen molar-refractivity contribution in [1.82, 2.24) is 4.90 Å². The largest absolute Gasteiger partial charge is 0.480 e. The molecule has 4 heteroatoms. The van der Waals surface area contributed by atoms with Gasteiger partial charge in [-0.25, -0.2) is 0 Å². The molecule has 0 saturated heterocycles. The van der Waals surface area contributed by atoms with Gasteiger partial charge in [0.05, 0.1) is 0 Å². The fourth-order valence-electron chi connectivity index (χ4n) is 2.64. The van der Waals surface area contributed by atoms with Gasteiger partial charge >= 0.3 is 5.97 Å². The van der Waals surface area contributed by atoms with E-state index in [0.29, 0.717) is 11.1 Å². The highest BCUT2D eigenvalue weighted by atomic mass is 16.4. The molecule has 21 heavy (non-hydrogen) atoms. The minimum atomic E-state index is -1.63. The molecule has 0 amide bonds. The fourth-order valence-corrected chi connectivity index (χ4v) is 2.64. The van der Waals surface area contributed by atoms with Crippen molar-refractivity contribution in [2.75, 3.05) is 14.1 Å². The summed E-state index contributed by atoms with van der Waals surface area (Å²) in [6.07, 6.45) is 0. The lowest BCUT2D eigenvalue weighted by molar-refractivity contribution is -0.151. The standard InChI is InChI=1S/C17H19NO3/c1-18(2)15(16(19)20)17(21,13-9-5-3-6-10-13)14-11-7-4-8-12-14/h3-12,15,21H,1-2H3,(H,19,20)/t15-/m0/s1. The van der Waals surface area contributed by atoms with Gasteiger partial charge in [-0.2, -0.15) is 0 Å². The molecule has 0 aromatic heterocycles. The highest BCUT2D eigenvalue weighted by Gasteiger charge is 2.46. The van der Waals surface area contributed by atoms with E-state index in [9.17, 15) is 15.0 Å². The number of likely N-dealkylation sites (N-methyl/N-ethyl adjacent to an activating group) is 1. The summed E-state index contributed by atoms with van der Waals surface area (Å²) in [4.78, 5) is 13.2. The van der Waals surface area contributed by atoms with Crippen LogP contribution in [0.2, 0.25) is 0 Å². The number of carbonyl (C=O) groups is 1. The number of hydrogen-bond donors (Lipinski definition) is 2. The minimum Gasteiger partial charge on any atom is -0.480 e. The molecule has 0 bridgehead atoms. The second kappa shape index (κ2) is 6.08. The van der Waals surface area contributed by atoms with Crippen LogP contribution in [0.25, 0.3) is 0 Å². The van der Waals surface area contributed by atoms with Gasteiger partial charge in [-0.3, -0.25) is 9.69 Å². The van der Waals surface area contributed by atoms with Gasteiger partial charge in [0.25, 0.3) is 0 Å². The van der Waals surface area contributed by atoms with Gasteiger partial charge in [0.15, 0.2) is 0 Å². The molecule has 2 N–H and O–H groups in total. The third-order valence-electron chi connectivity index (χ3n) is 3.57. The van der Waals surface area contributed by atoms with Gasteiger partial charge in [-0.15, -0.1) is 0 Å². The van der Waals surface area contributed by atoms with E-state index in [1.807, 2.05) is 12.1 Å². The SMILES string of the molecule is CN(C)[C@@H](C(=O)O)C(O)(c1ccccc1)c1ccccc1. The lowest BCUT2D eigenvalue weighted by Gasteiger charge is -2.38. The van der Waals surface area contributed by atoms with Gasteiger partial charge in [0.1, 0.15) is 11.6 Å². The summed E-state index contributed by atoms with van der Waals surface area (Å²) in [6.45, 7) is 0. The molecule has 110 valence electrons. The molecule has 0 aliphatic rings. The van der Waals surface area contributed by atoms with Crippen molar-refractivity contribution in [3.63, 3.8) is 0 Å². The van der Waals surface area contributed by atoms with Crippen LogP contribution in [-0.4, -0.2) is 41.2 Å². The van der Waals surface area contributed by atoms with Crippen LogP contribution in [0.15, 0.2) is 60.7 Å². The number of aliphatic hydroxyl groups is 1. The first-order valence-electron chi connectivity index (χ1n) is 6.70. The van der Waals surface area contributed by atoms with Gasteiger partial charge in [0.2, 0.25) is 0 Å². The first-order chi connectivity index (χ1) is 9.98. The molecule has 0 aliphatic heterocycles. The van der Waals surface area contributed by atoms with Crippen LogP contribution in [0.4, 0.5) is 0 Å². The zero-order valence-electron chi connectivity index (χ0n) is 12.1. The quantitative estimate of drug-likeness (QED) is 0.881. The number of aliphatic carboxylic acids is 1. The number of carboxylic acids is 1. The fraction of sp³-hybridized carbons (Fsp3) is 0.235. The van der Waals surface area contributed by atoms with Crippen molar-refractivity contribution >= 4 is 5.97 Å². The van der Waals surface area contributed by atoms with E-state index in [0.717, 1.165) is 0 Å². The minimum absolute atomic E-state index is 0.553. The van der Waals surface area contributed by atoms with Gasteiger partial charge in [-0.05, 0) is 25.2 Å². The monoisotopic (exact) mass is 285 g/mol. The molecule has 0 saturated carbocycles. The number of benzene rings is 2. The Kier molecular flexibility index (Phi) is 4.40. The van der Waals surface area contributed by atoms with E-state index in [1.54, 1.807) is 62.6 Å². The van der Waals surface area contributed by atoms with Crippen molar-refractivity contribution in [3.8, 4) is 0 Å². The van der Waals surface area contributed by atoms with Crippen LogP contribution >= 0.6 is 0 Å². The summed E-state index contributed by atoms with van der Waals surface area (Å²) in [6, 6.07) is 16.7. The number of rotatable bonds is 5. The van der Waals surface area contributed by atoms with Crippen molar-refractivity contribution in [1.29, 1.82) is 0 Å². The molecular formula is C17H19NO3. The average Bonchev–Trinajstić information content (AvgIpc) is 2.48. The van der Waals surface area contributed by atoms with Crippen molar-refractivity contribution in [2.24, 2.45) is 0 Å².